The molecule has 1 heterocycles. The van der Waals surface area contributed by atoms with Gasteiger partial charge in [0.05, 0.1) is 0 Å². The Morgan fingerprint density at radius 1 is 1.37 bits per heavy atom. The van der Waals surface area contributed by atoms with Crippen molar-refractivity contribution < 1.29 is 18.3 Å². The van der Waals surface area contributed by atoms with E-state index in [1.807, 2.05) is 0 Å². The number of aliphatic hydroxyl groups is 1. The number of nitrogens with zero attached hydrogens (tertiary/aromatic N) is 1. The fraction of sp³-hybridized carbons (Fsp3) is 0.615. The molecule has 1 saturated carbocycles. The normalized spacial score (nSPS) is 28.4. The quantitative estimate of drug-likeness (QED) is 0.842. The second-order valence-corrected chi connectivity index (χ2v) is 5.45. The summed E-state index contributed by atoms with van der Waals surface area (Å²) < 4.78 is 39.2. The molecule has 0 bridgehead atoms. The van der Waals surface area contributed by atoms with Gasteiger partial charge in [0.2, 0.25) is 0 Å². The molecule has 1 aromatic heterocycles. The topological polar surface area (TPSA) is 33.1 Å². The third-order valence-corrected chi connectivity index (χ3v) is 4.02. The van der Waals surface area contributed by atoms with Gasteiger partial charge in [-0.25, -0.2) is 4.98 Å². The lowest BCUT2D eigenvalue weighted by Gasteiger charge is -2.41. The summed E-state index contributed by atoms with van der Waals surface area (Å²) in [5.41, 5.74) is -1.91. The van der Waals surface area contributed by atoms with Crippen LogP contribution < -0.4 is 0 Å². The Balaban J connectivity index is 2.19. The Hall–Kier alpha value is -0.810. The minimum absolute atomic E-state index is 0.167. The fourth-order valence-electron chi connectivity index (χ4n) is 2.68. The van der Waals surface area contributed by atoms with E-state index in [0.717, 1.165) is 0 Å². The van der Waals surface area contributed by atoms with E-state index in [4.69, 9.17) is 11.6 Å². The van der Waals surface area contributed by atoms with Gasteiger partial charge in [-0.1, -0.05) is 30.5 Å². The molecule has 0 radical (unpaired) electrons. The second kappa shape index (κ2) is 5.29. The van der Waals surface area contributed by atoms with Crippen molar-refractivity contribution in [3.05, 3.63) is 29.0 Å². The van der Waals surface area contributed by atoms with Crippen LogP contribution in [0.3, 0.4) is 0 Å². The lowest BCUT2D eigenvalue weighted by Crippen LogP contribution is -2.53. The third kappa shape index (κ3) is 3.03. The summed E-state index contributed by atoms with van der Waals surface area (Å²) in [6.07, 6.45) is -1.68. The first-order valence-electron chi connectivity index (χ1n) is 6.22. The van der Waals surface area contributed by atoms with Crippen LogP contribution in [-0.4, -0.2) is 21.9 Å². The van der Waals surface area contributed by atoms with Crippen molar-refractivity contribution in [2.75, 3.05) is 0 Å². The summed E-state index contributed by atoms with van der Waals surface area (Å²) in [6.45, 7) is 0. The monoisotopic (exact) mass is 293 g/mol. The van der Waals surface area contributed by atoms with E-state index in [9.17, 15) is 18.3 Å². The van der Waals surface area contributed by atoms with Crippen LogP contribution in [0.2, 0.25) is 5.15 Å². The summed E-state index contributed by atoms with van der Waals surface area (Å²) in [6, 6.07) is 3.20. The maximum absolute atomic E-state index is 13.1. The standard InChI is InChI=1S/C13H15ClF3NO/c14-11-5-4-9(8-18-11)7-10-3-1-2-6-12(10,19)13(15,16)17/h4-5,8,10,19H,1-3,6-7H2/t10-,12+/m0/s1. The second-order valence-electron chi connectivity index (χ2n) is 5.06. The highest BCUT2D eigenvalue weighted by molar-refractivity contribution is 6.29. The molecule has 0 amide bonds. The zero-order chi connectivity index (χ0) is 14.1. The molecule has 1 fully saturated rings. The van der Waals surface area contributed by atoms with Crippen molar-refractivity contribution in [2.45, 2.75) is 43.9 Å². The van der Waals surface area contributed by atoms with Gasteiger partial charge in [0, 0.05) is 12.1 Å². The molecule has 2 atom stereocenters. The molecular weight excluding hydrogens is 279 g/mol. The summed E-state index contributed by atoms with van der Waals surface area (Å²) in [5, 5.41) is 10.3. The van der Waals surface area contributed by atoms with Crippen LogP contribution in [0.5, 0.6) is 0 Å². The van der Waals surface area contributed by atoms with E-state index in [1.165, 1.54) is 6.20 Å². The minimum atomic E-state index is -4.59. The predicted molar refractivity (Wildman–Crippen MR) is 65.9 cm³/mol. The third-order valence-electron chi connectivity index (χ3n) is 3.80. The number of alkyl halides is 3. The molecule has 19 heavy (non-hydrogen) atoms. The lowest BCUT2D eigenvalue weighted by molar-refractivity contribution is -0.288. The molecule has 0 aliphatic heterocycles. The smallest absolute Gasteiger partial charge is 0.380 e. The largest absolute Gasteiger partial charge is 0.417 e. The zero-order valence-corrected chi connectivity index (χ0v) is 11.0. The van der Waals surface area contributed by atoms with E-state index in [2.05, 4.69) is 4.98 Å². The Bertz CT molecular complexity index is 435. The first kappa shape index (κ1) is 14.6. The zero-order valence-electron chi connectivity index (χ0n) is 10.3. The number of pyridine rings is 1. The molecule has 6 heteroatoms. The molecule has 1 N–H and O–H groups in total. The average molecular weight is 294 g/mol. The number of rotatable bonds is 2. The highest BCUT2D eigenvalue weighted by Gasteiger charge is 2.58. The van der Waals surface area contributed by atoms with Gasteiger partial charge in [-0.2, -0.15) is 13.2 Å². The maximum atomic E-state index is 13.1. The highest BCUT2D eigenvalue weighted by atomic mass is 35.5. The number of aromatic nitrogens is 1. The van der Waals surface area contributed by atoms with Crippen LogP contribution >= 0.6 is 11.6 Å². The first-order chi connectivity index (χ1) is 8.83. The summed E-state index contributed by atoms with van der Waals surface area (Å²) in [5.74, 6) is -0.816. The van der Waals surface area contributed by atoms with Crippen molar-refractivity contribution in [3.8, 4) is 0 Å². The van der Waals surface area contributed by atoms with Crippen molar-refractivity contribution >= 4 is 11.6 Å². The van der Waals surface area contributed by atoms with Gasteiger partial charge in [0.25, 0.3) is 0 Å². The van der Waals surface area contributed by atoms with E-state index in [0.29, 0.717) is 30.0 Å². The SMILES string of the molecule is O[C@]1(C(F)(F)F)CCCC[C@H]1Cc1ccc(Cl)nc1. The number of hydrogen-bond acceptors (Lipinski definition) is 2. The van der Waals surface area contributed by atoms with Gasteiger partial charge in [-0.15, -0.1) is 0 Å². The van der Waals surface area contributed by atoms with Crippen LogP contribution in [-0.2, 0) is 6.42 Å². The Morgan fingerprint density at radius 2 is 2.11 bits per heavy atom. The predicted octanol–water partition coefficient (Wildman–Crippen LogP) is 3.76. The molecule has 1 aliphatic rings. The molecular formula is C13H15ClF3NO. The fourth-order valence-corrected chi connectivity index (χ4v) is 2.80. The van der Waals surface area contributed by atoms with Crippen LogP contribution in [0.25, 0.3) is 0 Å². The average Bonchev–Trinajstić information content (AvgIpc) is 2.33. The number of hydrogen-bond donors (Lipinski definition) is 1. The Kier molecular flexibility index (Phi) is 4.06. The Labute approximate surface area is 114 Å². The molecule has 0 spiro atoms. The van der Waals surface area contributed by atoms with Crippen molar-refractivity contribution in [1.29, 1.82) is 0 Å². The van der Waals surface area contributed by atoms with Crippen molar-refractivity contribution in [3.63, 3.8) is 0 Å². The Morgan fingerprint density at radius 3 is 2.68 bits per heavy atom. The summed E-state index contributed by atoms with van der Waals surface area (Å²) in [4.78, 5) is 3.86. The van der Waals surface area contributed by atoms with Crippen LogP contribution in [0.1, 0.15) is 31.2 Å². The summed E-state index contributed by atoms with van der Waals surface area (Å²) >= 11 is 5.64. The molecule has 1 aliphatic carbocycles. The molecule has 0 saturated heterocycles. The van der Waals surface area contributed by atoms with E-state index >= 15 is 0 Å². The van der Waals surface area contributed by atoms with Crippen LogP contribution in [0.15, 0.2) is 18.3 Å². The molecule has 2 nitrogen and oxygen atoms in total. The highest BCUT2D eigenvalue weighted by Crippen LogP contribution is 2.46. The van der Waals surface area contributed by atoms with Crippen LogP contribution in [0.4, 0.5) is 13.2 Å². The molecule has 0 unspecified atom stereocenters. The van der Waals surface area contributed by atoms with E-state index < -0.39 is 17.7 Å². The molecule has 0 aromatic carbocycles. The molecule has 2 rings (SSSR count). The van der Waals surface area contributed by atoms with E-state index in [-0.39, 0.29) is 12.8 Å². The van der Waals surface area contributed by atoms with Crippen molar-refractivity contribution in [1.82, 2.24) is 4.98 Å². The van der Waals surface area contributed by atoms with Gasteiger partial charge < -0.3 is 5.11 Å². The van der Waals surface area contributed by atoms with Gasteiger partial charge in [-0.3, -0.25) is 0 Å². The van der Waals surface area contributed by atoms with E-state index in [1.54, 1.807) is 12.1 Å². The first-order valence-corrected chi connectivity index (χ1v) is 6.60. The van der Waals surface area contributed by atoms with Gasteiger partial charge in [-0.05, 0) is 30.9 Å². The van der Waals surface area contributed by atoms with Gasteiger partial charge >= 0.3 is 6.18 Å². The van der Waals surface area contributed by atoms with Crippen molar-refractivity contribution in [2.24, 2.45) is 5.92 Å². The lowest BCUT2D eigenvalue weighted by atomic mass is 9.72. The van der Waals surface area contributed by atoms with Gasteiger partial charge in [0.1, 0.15) is 5.15 Å². The molecule has 106 valence electrons. The molecule has 1 aromatic rings. The summed E-state index contributed by atoms with van der Waals surface area (Å²) in [7, 11) is 0. The van der Waals surface area contributed by atoms with Gasteiger partial charge in [0.15, 0.2) is 5.60 Å². The maximum Gasteiger partial charge on any atom is 0.417 e. The minimum Gasteiger partial charge on any atom is -0.380 e. The van der Waals surface area contributed by atoms with Crippen LogP contribution in [0, 0.1) is 5.92 Å². The number of halogens is 4.